The maximum Gasteiger partial charge on any atom is 0.360 e. The molecule has 0 aliphatic carbocycles. The molecule has 0 spiro atoms. The summed E-state index contributed by atoms with van der Waals surface area (Å²) in [6.45, 7) is 10.3. The number of ether oxygens (including phenoxy) is 2. The first-order chi connectivity index (χ1) is 9.60. The molecule has 1 aromatic heterocycles. The smallest absolute Gasteiger partial charge is 0.360 e. The van der Waals surface area contributed by atoms with Crippen LogP contribution < -0.4 is 0 Å². The van der Waals surface area contributed by atoms with Gasteiger partial charge in [-0.3, -0.25) is 0 Å². The first-order valence-electron chi connectivity index (χ1n) is 7.27. The van der Waals surface area contributed by atoms with Crippen molar-refractivity contribution in [2.45, 2.75) is 47.1 Å². The largest absolute Gasteiger partial charge is 0.461 e. The van der Waals surface area contributed by atoms with Gasteiger partial charge < -0.3 is 9.47 Å². The summed E-state index contributed by atoms with van der Waals surface area (Å²) in [6.07, 6.45) is 1.74. The summed E-state index contributed by atoms with van der Waals surface area (Å²) < 4.78 is 12.2. The number of carbonyl (C=O) groups excluding carboxylic acids is 1. The maximum absolute atomic E-state index is 11.9. The highest BCUT2D eigenvalue weighted by Gasteiger charge is 2.21. The third-order valence-corrected chi connectivity index (χ3v) is 2.70. The van der Waals surface area contributed by atoms with Gasteiger partial charge in [0.2, 0.25) is 0 Å². The molecule has 1 rings (SSSR count). The predicted molar refractivity (Wildman–Crippen MR) is 75.6 cm³/mol. The van der Waals surface area contributed by atoms with E-state index in [1.165, 1.54) is 0 Å². The third kappa shape index (κ3) is 4.92. The van der Waals surface area contributed by atoms with E-state index in [1.54, 1.807) is 11.6 Å². The van der Waals surface area contributed by atoms with Crippen molar-refractivity contribution >= 4 is 5.97 Å². The van der Waals surface area contributed by atoms with Gasteiger partial charge >= 0.3 is 5.97 Å². The fourth-order valence-electron chi connectivity index (χ4n) is 1.86. The van der Waals surface area contributed by atoms with Crippen molar-refractivity contribution in [1.82, 2.24) is 15.0 Å². The van der Waals surface area contributed by atoms with E-state index in [0.29, 0.717) is 31.4 Å². The number of esters is 1. The Balaban J connectivity index is 2.79. The molecule has 0 unspecified atom stereocenters. The molecule has 0 atom stereocenters. The fraction of sp³-hybridized carbons (Fsp3) is 0.786. The maximum atomic E-state index is 11.9. The number of hydrogen-bond donors (Lipinski definition) is 0. The van der Waals surface area contributed by atoms with E-state index < -0.39 is 5.97 Å². The molecule has 1 heterocycles. The van der Waals surface area contributed by atoms with Gasteiger partial charge in [-0.1, -0.05) is 26.0 Å². The van der Waals surface area contributed by atoms with E-state index in [4.69, 9.17) is 9.47 Å². The average Bonchev–Trinajstić information content (AvgIpc) is 2.77. The molecule has 6 heteroatoms. The zero-order chi connectivity index (χ0) is 15.0. The lowest BCUT2D eigenvalue weighted by Crippen LogP contribution is -2.15. The van der Waals surface area contributed by atoms with Crippen molar-refractivity contribution in [2.75, 3.05) is 19.8 Å². The minimum absolute atomic E-state index is 0.330. The molecule has 0 aromatic carbocycles. The highest BCUT2D eigenvalue weighted by Crippen LogP contribution is 2.13. The summed E-state index contributed by atoms with van der Waals surface area (Å²) in [6, 6.07) is 0. The van der Waals surface area contributed by atoms with E-state index in [1.807, 2.05) is 0 Å². The second kappa shape index (κ2) is 8.68. The van der Waals surface area contributed by atoms with Gasteiger partial charge in [0.05, 0.1) is 25.5 Å². The lowest BCUT2D eigenvalue weighted by molar-refractivity contribution is 0.0517. The van der Waals surface area contributed by atoms with Crippen molar-refractivity contribution in [2.24, 2.45) is 5.92 Å². The molecule has 0 saturated carbocycles. The number of aromatic nitrogens is 3. The Bertz CT molecular complexity index is 416. The molecule has 0 aliphatic heterocycles. The molecule has 0 fully saturated rings. The van der Waals surface area contributed by atoms with Gasteiger partial charge in [0.1, 0.15) is 0 Å². The molecule has 20 heavy (non-hydrogen) atoms. The molecule has 0 N–H and O–H groups in total. The Morgan fingerprint density at radius 3 is 2.65 bits per heavy atom. The van der Waals surface area contributed by atoms with Crippen LogP contribution in [-0.4, -0.2) is 40.8 Å². The van der Waals surface area contributed by atoms with Gasteiger partial charge in [0.25, 0.3) is 0 Å². The molecular formula is C14H25N3O3. The highest BCUT2D eigenvalue weighted by molar-refractivity contribution is 5.88. The van der Waals surface area contributed by atoms with E-state index >= 15 is 0 Å². The number of hydrogen-bond acceptors (Lipinski definition) is 5. The van der Waals surface area contributed by atoms with Crippen molar-refractivity contribution < 1.29 is 14.3 Å². The molecule has 0 amide bonds. The summed E-state index contributed by atoms with van der Waals surface area (Å²) in [5.74, 6) is 0.0147. The lowest BCUT2D eigenvalue weighted by atomic mass is 10.1. The van der Waals surface area contributed by atoms with Crippen molar-refractivity contribution in [1.29, 1.82) is 0 Å². The molecule has 0 radical (unpaired) electrons. The second-order valence-electron chi connectivity index (χ2n) is 5.04. The summed E-state index contributed by atoms with van der Waals surface area (Å²) in [7, 11) is 0. The Hall–Kier alpha value is -1.43. The molecule has 114 valence electrons. The van der Waals surface area contributed by atoms with Crippen molar-refractivity contribution in [3.63, 3.8) is 0 Å². The van der Waals surface area contributed by atoms with Crippen LogP contribution in [0.2, 0.25) is 0 Å². The van der Waals surface area contributed by atoms with E-state index in [9.17, 15) is 4.79 Å². The van der Waals surface area contributed by atoms with Crippen LogP contribution in [0.1, 0.15) is 50.3 Å². The van der Waals surface area contributed by atoms with Crippen LogP contribution >= 0.6 is 0 Å². The first kappa shape index (κ1) is 16.6. The molecule has 0 aliphatic rings. The van der Waals surface area contributed by atoms with Crippen LogP contribution in [0.15, 0.2) is 0 Å². The SMILES string of the molecule is CCCOCCn1nnc(C(=O)OCC)c1CC(C)C. The predicted octanol–water partition coefficient (Wildman–Crippen LogP) is 2.08. The molecule has 0 bridgehead atoms. The van der Waals surface area contributed by atoms with Gasteiger partial charge in [-0.15, -0.1) is 5.10 Å². The van der Waals surface area contributed by atoms with E-state index in [2.05, 4.69) is 31.1 Å². The topological polar surface area (TPSA) is 66.2 Å². The molecule has 1 aromatic rings. The second-order valence-corrected chi connectivity index (χ2v) is 5.04. The average molecular weight is 283 g/mol. The van der Waals surface area contributed by atoms with Gasteiger partial charge in [-0.2, -0.15) is 0 Å². The summed E-state index contributed by atoms with van der Waals surface area (Å²) in [4.78, 5) is 11.9. The molecular weight excluding hydrogens is 258 g/mol. The van der Waals surface area contributed by atoms with Crippen LogP contribution in [-0.2, 0) is 22.4 Å². The summed E-state index contributed by atoms with van der Waals surface area (Å²) >= 11 is 0. The highest BCUT2D eigenvalue weighted by atomic mass is 16.5. The zero-order valence-electron chi connectivity index (χ0n) is 12.9. The van der Waals surface area contributed by atoms with Crippen LogP contribution in [0.5, 0.6) is 0 Å². The van der Waals surface area contributed by atoms with Gasteiger partial charge in [-0.05, 0) is 25.7 Å². The molecule has 6 nitrogen and oxygen atoms in total. The van der Waals surface area contributed by atoms with Gasteiger partial charge in [-0.25, -0.2) is 9.48 Å². The minimum atomic E-state index is -0.399. The summed E-state index contributed by atoms with van der Waals surface area (Å²) in [5, 5.41) is 8.03. The normalized spacial score (nSPS) is 11.1. The van der Waals surface area contributed by atoms with E-state index in [-0.39, 0.29) is 0 Å². The van der Waals surface area contributed by atoms with Crippen LogP contribution in [0.4, 0.5) is 0 Å². The zero-order valence-corrected chi connectivity index (χ0v) is 12.9. The Labute approximate surface area is 120 Å². The molecule has 0 saturated heterocycles. The monoisotopic (exact) mass is 283 g/mol. The lowest BCUT2D eigenvalue weighted by Gasteiger charge is -2.10. The fourth-order valence-corrected chi connectivity index (χ4v) is 1.86. The van der Waals surface area contributed by atoms with Crippen LogP contribution in [0.25, 0.3) is 0 Å². The quantitative estimate of drug-likeness (QED) is 0.513. The van der Waals surface area contributed by atoms with Crippen molar-refractivity contribution in [3.05, 3.63) is 11.4 Å². The van der Waals surface area contributed by atoms with Crippen LogP contribution in [0, 0.1) is 5.92 Å². The van der Waals surface area contributed by atoms with E-state index in [0.717, 1.165) is 25.1 Å². The van der Waals surface area contributed by atoms with Gasteiger partial charge in [0.15, 0.2) is 5.69 Å². The Morgan fingerprint density at radius 2 is 2.05 bits per heavy atom. The minimum Gasteiger partial charge on any atom is -0.461 e. The number of rotatable bonds is 9. The van der Waals surface area contributed by atoms with Crippen molar-refractivity contribution in [3.8, 4) is 0 Å². The Kier molecular flexibility index (Phi) is 7.22. The first-order valence-corrected chi connectivity index (χ1v) is 7.27. The number of carbonyl (C=O) groups is 1. The third-order valence-electron chi connectivity index (χ3n) is 2.70. The Morgan fingerprint density at radius 1 is 1.30 bits per heavy atom. The number of nitrogens with zero attached hydrogens (tertiary/aromatic N) is 3. The summed E-state index contributed by atoms with van der Waals surface area (Å²) in [5.41, 5.74) is 1.16. The standard InChI is InChI=1S/C14H25N3O3/c1-5-8-19-9-7-17-12(10-11(3)4)13(15-16-17)14(18)20-6-2/h11H,5-10H2,1-4H3. The van der Waals surface area contributed by atoms with Crippen LogP contribution in [0.3, 0.4) is 0 Å². The van der Waals surface area contributed by atoms with Gasteiger partial charge in [0, 0.05) is 6.61 Å².